The lowest BCUT2D eigenvalue weighted by molar-refractivity contribution is 0.0686. The third-order valence-corrected chi connectivity index (χ3v) is 2.55. The molecular weight excluding hydrogens is 220 g/mol. The van der Waals surface area contributed by atoms with Crippen LogP contribution in [-0.4, -0.2) is 22.8 Å². The predicted octanol–water partition coefficient (Wildman–Crippen LogP) is 1.87. The number of methoxy groups -OCH3 is 1. The molecule has 1 aromatic carbocycles. The molecule has 1 N–H and O–H groups in total. The van der Waals surface area contributed by atoms with Crippen LogP contribution in [-0.2, 0) is 6.54 Å². The first-order chi connectivity index (χ1) is 8.19. The molecule has 0 atom stereocenters. The van der Waals surface area contributed by atoms with Gasteiger partial charge in [0.15, 0.2) is 0 Å². The number of carboxylic acid groups (broad SMARTS) is 1. The van der Waals surface area contributed by atoms with Crippen LogP contribution in [0, 0.1) is 11.3 Å². The maximum atomic E-state index is 11.1. The van der Waals surface area contributed by atoms with E-state index in [4.69, 9.17) is 15.1 Å². The summed E-state index contributed by atoms with van der Waals surface area (Å²) in [6.07, 6.45) is 0. The normalized spacial score (nSPS) is 10.1. The lowest BCUT2D eigenvalue weighted by Gasteiger charge is -2.06. The van der Waals surface area contributed by atoms with Gasteiger partial charge >= 0.3 is 5.97 Å². The minimum absolute atomic E-state index is 0.0223. The van der Waals surface area contributed by atoms with E-state index in [9.17, 15) is 4.79 Å². The van der Waals surface area contributed by atoms with Gasteiger partial charge in [-0.05, 0) is 12.1 Å². The highest BCUT2D eigenvalue weighted by Crippen LogP contribution is 2.28. The van der Waals surface area contributed by atoms with Crippen molar-refractivity contribution < 1.29 is 14.6 Å². The van der Waals surface area contributed by atoms with Crippen molar-refractivity contribution in [1.29, 1.82) is 5.26 Å². The number of aromatic nitrogens is 1. The number of benzene rings is 1. The summed E-state index contributed by atoms with van der Waals surface area (Å²) >= 11 is 0. The number of aromatic carboxylic acids is 1. The van der Waals surface area contributed by atoms with Gasteiger partial charge in [0.1, 0.15) is 18.0 Å². The fraction of sp³-hybridized carbons (Fsp3) is 0.167. The average molecular weight is 230 g/mol. The van der Waals surface area contributed by atoms with Gasteiger partial charge in [0.05, 0.1) is 18.7 Å². The van der Waals surface area contributed by atoms with E-state index < -0.39 is 5.97 Å². The second kappa shape index (κ2) is 4.18. The highest BCUT2D eigenvalue weighted by atomic mass is 16.5. The first kappa shape index (κ1) is 11.0. The number of para-hydroxylation sites is 1. The highest BCUT2D eigenvalue weighted by Gasteiger charge is 2.16. The van der Waals surface area contributed by atoms with Gasteiger partial charge in [0.25, 0.3) is 0 Å². The van der Waals surface area contributed by atoms with Crippen molar-refractivity contribution >= 4 is 16.9 Å². The number of rotatable bonds is 3. The van der Waals surface area contributed by atoms with E-state index >= 15 is 0 Å². The molecule has 0 spiro atoms. The van der Waals surface area contributed by atoms with Crippen LogP contribution in [0.25, 0.3) is 10.9 Å². The zero-order valence-corrected chi connectivity index (χ0v) is 9.17. The first-order valence-electron chi connectivity index (χ1n) is 4.95. The summed E-state index contributed by atoms with van der Waals surface area (Å²) in [5.74, 6) is -0.497. The quantitative estimate of drug-likeness (QED) is 0.873. The van der Waals surface area contributed by atoms with Gasteiger partial charge in [0, 0.05) is 5.39 Å². The summed E-state index contributed by atoms with van der Waals surface area (Å²) < 4.78 is 6.63. The fourth-order valence-corrected chi connectivity index (χ4v) is 1.87. The summed E-state index contributed by atoms with van der Waals surface area (Å²) in [7, 11) is 1.51. The second-order valence-electron chi connectivity index (χ2n) is 3.48. The van der Waals surface area contributed by atoms with Crippen molar-refractivity contribution in [1.82, 2.24) is 4.57 Å². The number of carbonyl (C=O) groups is 1. The van der Waals surface area contributed by atoms with Crippen LogP contribution in [0.5, 0.6) is 5.75 Å². The molecular formula is C12H10N2O3. The van der Waals surface area contributed by atoms with E-state index in [2.05, 4.69) is 0 Å². The molecule has 0 amide bonds. The second-order valence-corrected chi connectivity index (χ2v) is 3.48. The predicted molar refractivity (Wildman–Crippen MR) is 61.1 cm³/mol. The van der Waals surface area contributed by atoms with Crippen molar-refractivity contribution in [3.63, 3.8) is 0 Å². The van der Waals surface area contributed by atoms with Gasteiger partial charge in [-0.15, -0.1) is 0 Å². The number of fused-ring (bicyclic) bond motifs is 1. The largest absolute Gasteiger partial charge is 0.495 e. The van der Waals surface area contributed by atoms with Crippen LogP contribution >= 0.6 is 0 Å². The van der Waals surface area contributed by atoms with Crippen molar-refractivity contribution in [3.05, 3.63) is 30.0 Å². The standard InChI is InChI=1S/C12H10N2O3/c1-17-10-4-2-3-8-7-9(12(15)16)14(6-5-13)11(8)10/h2-4,7H,6H2,1H3,(H,15,16). The van der Waals surface area contributed by atoms with Crippen LogP contribution in [0.3, 0.4) is 0 Å². The molecule has 0 aliphatic carbocycles. The van der Waals surface area contributed by atoms with Crippen LogP contribution in [0.1, 0.15) is 10.5 Å². The van der Waals surface area contributed by atoms with Crippen LogP contribution in [0.4, 0.5) is 0 Å². The number of ether oxygens (including phenoxy) is 1. The molecule has 5 heteroatoms. The number of hydrogen-bond donors (Lipinski definition) is 1. The van der Waals surface area contributed by atoms with Gasteiger partial charge in [-0.3, -0.25) is 0 Å². The van der Waals surface area contributed by atoms with E-state index in [0.29, 0.717) is 11.3 Å². The molecule has 86 valence electrons. The molecule has 0 radical (unpaired) electrons. The van der Waals surface area contributed by atoms with Crippen LogP contribution in [0.2, 0.25) is 0 Å². The number of nitriles is 1. The molecule has 5 nitrogen and oxygen atoms in total. The van der Waals surface area contributed by atoms with Gasteiger partial charge < -0.3 is 14.4 Å². The number of carboxylic acids is 1. The Morgan fingerprint density at radius 1 is 1.59 bits per heavy atom. The van der Waals surface area contributed by atoms with Gasteiger partial charge in [0.2, 0.25) is 0 Å². The molecule has 0 fully saturated rings. The molecule has 0 saturated carbocycles. The molecule has 17 heavy (non-hydrogen) atoms. The number of hydrogen-bond acceptors (Lipinski definition) is 3. The van der Waals surface area contributed by atoms with Crippen LogP contribution in [0.15, 0.2) is 24.3 Å². The monoisotopic (exact) mass is 230 g/mol. The average Bonchev–Trinajstić information content (AvgIpc) is 2.69. The lowest BCUT2D eigenvalue weighted by Crippen LogP contribution is -2.07. The smallest absolute Gasteiger partial charge is 0.352 e. The molecule has 2 aromatic rings. The Balaban J connectivity index is 2.82. The zero-order chi connectivity index (χ0) is 12.4. The molecule has 0 bridgehead atoms. The summed E-state index contributed by atoms with van der Waals surface area (Å²) in [4.78, 5) is 11.1. The van der Waals surface area contributed by atoms with Gasteiger partial charge in [-0.2, -0.15) is 5.26 Å². The molecule has 1 heterocycles. The van der Waals surface area contributed by atoms with Crippen molar-refractivity contribution in [2.24, 2.45) is 0 Å². The fourth-order valence-electron chi connectivity index (χ4n) is 1.87. The van der Waals surface area contributed by atoms with Crippen molar-refractivity contribution in [2.75, 3.05) is 7.11 Å². The Hall–Kier alpha value is -2.48. The molecule has 0 unspecified atom stereocenters. The SMILES string of the molecule is COc1cccc2cc(C(=O)O)n(CC#N)c12. The third kappa shape index (κ3) is 1.70. The van der Waals surface area contributed by atoms with E-state index in [-0.39, 0.29) is 12.2 Å². The molecule has 1 aromatic heterocycles. The minimum Gasteiger partial charge on any atom is -0.495 e. The molecule has 0 aliphatic rings. The Morgan fingerprint density at radius 2 is 2.35 bits per heavy atom. The summed E-state index contributed by atoms with van der Waals surface area (Å²) in [5.41, 5.74) is 0.722. The van der Waals surface area contributed by atoms with Crippen molar-refractivity contribution in [2.45, 2.75) is 6.54 Å². The first-order valence-corrected chi connectivity index (χ1v) is 4.95. The highest BCUT2D eigenvalue weighted by molar-refractivity contribution is 5.96. The Labute approximate surface area is 97.5 Å². The van der Waals surface area contributed by atoms with E-state index in [1.807, 2.05) is 6.07 Å². The topological polar surface area (TPSA) is 75.2 Å². The zero-order valence-electron chi connectivity index (χ0n) is 9.17. The Bertz CT molecular complexity index is 622. The van der Waals surface area contributed by atoms with Crippen LogP contribution < -0.4 is 4.74 Å². The summed E-state index contributed by atoms with van der Waals surface area (Å²) in [5, 5.41) is 18.6. The number of nitrogens with zero attached hydrogens (tertiary/aromatic N) is 2. The summed E-state index contributed by atoms with van der Waals surface area (Å²) in [6, 6.07) is 8.80. The molecule has 0 aliphatic heterocycles. The molecule has 2 rings (SSSR count). The van der Waals surface area contributed by atoms with Gasteiger partial charge in [-0.25, -0.2) is 4.79 Å². The van der Waals surface area contributed by atoms with E-state index in [1.165, 1.54) is 17.7 Å². The summed E-state index contributed by atoms with van der Waals surface area (Å²) in [6.45, 7) is -0.0223. The Morgan fingerprint density at radius 3 is 2.94 bits per heavy atom. The van der Waals surface area contributed by atoms with Crippen molar-refractivity contribution in [3.8, 4) is 11.8 Å². The third-order valence-electron chi connectivity index (χ3n) is 2.55. The maximum absolute atomic E-state index is 11.1. The Kier molecular flexibility index (Phi) is 2.71. The van der Waals surface area contributed by atoms with E-state index in [0.717, 1.165) is 5.39 Å². The van der Waals surface area contributed by atoms with E-state index in [1.54, 1.807) is 18.2 Å². The molecule has 0 saturated heterocycles. The lowest BCUT2D eigenvalue weighted by atomic mass is 10.2. The minimum atomic E-state index is -1.06. The van der Waals surface area contributed by atoms with Gasteiger partial charge in [-0.1, -0.05) is 12.1 Å². The maximum Gasteiger partial charge on any atom is 0.352 e.